The Kier molecular flexibility index (Phi) is 6.74. The third kappa shape index (κ3) is 6.17. The summed E-state index contributed by atoms with van der Waals surface area (Å²) in [4.78, 5) is 22.5. The summed E-state index contributed by atoms with van der Waals surface area (Å²) in [6.07, 6.45) is -2.90. The summed E-state index contributed by atoms with van der Waals surface area (Å²) in [7, 11) is 0. The zero-order valence-electron chi connectivity index (χ0n) is 14.4. The molecule has 0 heterocycles. The van der Waals surface area contributed by atoms with E-state index in [0.29, 0.717) is 11.1 Å². The summed E-state index contributed by atoms with van der Waals surface area (Å²) >= 11 is 0. The van der Waals surface area contributed by atoms with Gasteiger partial charge in [0.1, 0.15) is 11.7 Å². The Bertz CT molecular complexity index is 593. The number of hydrogen-bond acceptors (Lipinski definition) is 5. The molecule has 24 heavy (non-hydrogen) atoms. The van der Waals surface area contributed by atoms with Crippen molar-refractivity contribution in [2.75, 3.05) is 6.54 Å². The Labute approximate surface area is 141 Å². The van der Waals surface area contributed by atoms with Gasteiger partial charge in [0.05, 0.1) is 11.7 Å². The normalized spacial score (nSPS) is 13.9. The first-order chi connectivity index (χ1) is 11.0. The third-order valence-electron chi connectivity index (χ3n) is 3.32. The van der Waals surface area contributed by atoms with E-state index in [1.807, 2.05) is 0 Å². The second-order valence-electron chi connectivity index (χ2n) is 6.61. The summed E-state index contributed by atoms with van der Waals surface area (Å²) in [5, 5.41) is 31.8. The molecule has 0 radical (unpaired) electrons. The largest absolute Gasteiger partial charge is 0.478 e. The molecule has 0 spiro atoms. The van der Waals surface area contributed by atoms with Crippen LogP contribution in [-0.4, -0.2) is 45.6 Å². The molecule has 2 unspecified atom stereocenters. The van der Waals surface area contributed by atoms with Crippen LogP contribution in [0.25, 0.3) is 0 Å². The summed E-state index contributed by atoms with van der Waals surface area (Å²) in [5.74, 6) is -1.11. The first-order valence-electron chi connectivity index (χ1n) is 7.68. The molecule has 0 bridgehead atoms. The molecule has 1 aromatic carbocycles. The van der Waals surface area contributed by atoms with Crippen molar-refractivity contribution in [3.8, 4) is 0 Å². The van der Waals surface area contributed by atoms with Gasteiger partial charge in [-0.1, -0.05) is 6.07 Å². The number of aliphatic hydroxyl groups is 2. The molecule has 1 amide bonds. The standard InChI is InChI=1S/C17H25NO6/c1-10-5-6-11(15(21)22)9-12(10)14(20)13(19)7-8-18-16(23)24-17(2,3)4/h5-6,9,13-14,19-20H,7-8H2,1-4H3,(H,18,23)(H,21,22). The van der Waals surface area contributed by atoms with Crippen LogP contribution in [0.5, 0.6) is 0 Å². The second-order valence-corrected chi connectivity index (χ2v) is 6.61. The molecule has 4 N–H and O–H groups in total. The lowest BCUT2D eigenvalue weighted by Crippen LogP contribution is -2.34. The molecule has 2 atom stereocenters. The van der Waals surface area contributed by atoms with Gasteiger partial charge in [-0.05, 0) is 57.4 Å². The van der Waals surface area contributed by atoms with Crippen LogP contribution in [-0.2, 0) is 4.74 Å². The van der Waals surface area contributed by atoms with Gasteiger partial charge in [0.25, 0.3) is 0 Å². The average molecular weight is 339 g/mol. The Morgan fingerprint density at radius 2 is 1.88 bits per heavy atom. The van der Waals surface area contributed by atoms with Gasteiger partial charge in [-0.3, -0.25) is 0 Å². The molecule has 0 aliphatic heterocycles. The zero-order chi connectivity index (χ0) is 18.5. The van der Waals surface area contributed by atoms with E-state index in [9.17, 15) is 19.8 Å². The maximum Gasteiger partial charge on any atom is 0.407 e. The number of carboxylic acids is 1. The fourth-order valence-electron chi connectivity index (χ4n) is 2.09. The molecule has 0 fully saturated rings. The van der Waals surface area contributed by atoms with Crippen LogP contribution in [0.15, 0.2) is 18.2 Å². The van der Waals surface area contributed by atoms with Crippen LogP contribution in [0, 0.1) is 6.92 Å². The molecule has 0 aromatic heterocycles. The van der Waals surface area contributed by atoms with Gasteiger partial charge in [-0.25, -0.2) is 9.59 Å². The fraction of sp³-hybridized carbons (Fsp3) is 0.529. The molecule has 7 nitrogen and oxygen atoms in total. The third-order valence-corrected chi connectivity index (χ3v) is 3.32. The van der Waals surface area contributed by atoms with E-state index >= 15 is 0 Å². The number of amides is 1. The van der Waals surface area contributed by atoms with Crippen molar-refractivity contribution in [3.63, 3.8) is 0 Å². The van der Waals surface area contributed by atoms with Crippen LogP contribution in [0.4, 0.5) is 4.79 Å². The van der Waals surface area contributed by atoms with Gasteiger partial charge in [0, 0.05) is 6.54 Å². The molecule has 134 valence electrons. The Balaban J connectivity index is 2.62. The van der Waals surface area contributed by atoms with Crippen LogP contribution in [0.2, 0.25) is 0 Å². The van der Waals surface area contributed by atoms with E-state index in [0.717, 1.165) is 0 Å². The Hall–Kier alpha value is -2.12. The number of hydrogen-bond donors (Lipinski definition) is 4. The highest BCUT2D eigenvalue weighted by atomic mass is 16.6. The molecular weight excluding hydrogens is 314 g/mol. The average Bonchev–Trinajstić information content (AvgIpc) is 2.44. The smallest absolute Gasteiger partial charge is 0.407 e. The highest BCUT2D eigenvalue weighted by Crippen LogP contribution is 2.23. The maximum absolute atomic E-state index is 11.5. The number of alkyl carbamates (subject to hydrolysis) is 1. The highest BCUT2D eigenvalue weighted by Gasteiger charge is 2.22. The predicted molar refractivity (Wildman–Crippen MR) is 88.0 cm³/mol. The van der Waals surface area contributed by atoms with Gasteiger partial charge in [0.2, 0.25) is 0 Å². The van der Waals surface area contributed by atoms with Crippen LogP contribution in [0.3, 0.4) is 0 Å². The number of ether oxygens (including phenoxy) is 1. The van der Waals surface area contributed by atoms with E-state index in [4.69, 9.17) is 9.84 Å². The first-order valence-corrected chi connectivity index (χ1v) is 7.68. The highest BCUT2D eigenvalue weighted by molar-refractivity contribution is 5.87. The molecule has 0 aliphatic rings. The fourth-order valence-corrected chi connectivity index (χ4v) is 2.09. The number of rotatable bonds is 6. The summed E-state index contributed by atoms with van der Waals surface area (Å²) in [6.45, 7) is 7.05. The molecule has 1 rings (SSSR count). The van der Waals surface area contributed by atoms with Gasteiger partial charge >= 0.3 is 12.1 Å². The molecular formula is C17H25NO6. The number of aromatic carboxylic acids is 1. The minimum Gasteiger partial charge on any atom is -0.478 e. The Morgan fingerprint density at radius 1 is 1.25 bits per heavy atom. The summed E-state index contributed by atoms with van der Waals surface area (Å²) in [6, 6.07) is 4.35. The number of aliphatic hydroxyl groups excluding tert-OH is 2. The van der Waals surface area contributed by atoms with Crippen LogP contribution in [0.1, 0.15) is 54.8 Å². The van der Waals surface area contributed by atoms with Gasteiger partial charge < -0.3 is 25.4 Å². The quantitative estimate of drug-likeness (QED) is 0.630. The number of aryl methyl sites for hydroxylation is 1. The number of benzene rings is 1. The van der Waals surface area contributed by atoms with Gasteiger partial charge in [-0.2, -0.15) is 0 Å². The van der Waals surface area contributed by atoms with Gasteiger partial charge in [-0.15, -0.1) is 0 Å². The van der Waals surface area contributed by atoms with Crippen LogP contribution < -0.4 is 5.32 Å². The topological polar surface area (TPSA) is 116 Å². The van der Waals surface area contributed by atoms with Crippen molar-refractivity contribution in [2.45, 2.75) is 51.9 Å². The number of nitrogens with one attached hydrogen (secondary N) is 1. The summed E-state index contributed by atoms with van der Waals surface area (Å²) < 4.78 is 5.07. The van der Waals surface area contributed by atoms with Crippen molar-refractivity contribution in [3.05, 3.63) is 34.9 Å². The second kappa shape index (κ2) is 8.12. The number of carbonyl (C=O) groups excluding carboxylic acids is 1. The molecule has 1 aromatic rings. The lowest BCUT2D eigenvalue weighted by atomic mass is 9.96. The first kappa shape index (κ1) is 19.9. The Morgan fingerprint density at radius 3 is 2.42 bits per heavy atom. The lowest BCUT2D eigenvalue weighted by Gasteiger charge is -2.22. The number of carboxylic acid groups (broad SMARTS) is 1. The molecule has 7 heteroatoms. The van der Waals surface area contributed by atoms with E-state index in [1.54, 1.807) is 33.8 Å². The number of carbonyl (C=O) groups is 2. The van der Waals surface area contributed by atoms with Crippen molar-refractivity contribution in [1.29, 1.82) is 0 Å². The minimum atomic E-state index is -1.25. The van der Waals surface area contributed by atoms with E-state index in [2.05, 4.69) is 5.32 Å². The van der Waals surface area contributed by atoms with Crippen molar-refractivity contribution >= 4 is 12.1 Å². The minimum absolute atomic E-state index is 0.0359. The maximum atomic E-state index is 11.5. The van der Waals surface area contributed by atoms with Gasteiger partial charge in [0.15, 0.2) is 0 Å². The molecule has 0 aliphatic carbocycles. The van der Waals surface area contributed by atoms with Crippen molar-refractivity contribution in [2.24, 2.45) is 0 Å². The lowest BCUT2D eigenvalue weighted by molar-refractivity contribution is 0.0119. The SMILES string of the molecule is Cc1ccc(C(=O)O)cc1C(O)C(O)CCNC(=O)OC(C)(C)C. The van der Waals surface area contributed by atoms with Crippen LogP contribution >= 0.6 is 0 Å². The summed E-state index contributed by atoms with van der Waals surface area (Å²) in [5.41, 5.74) is 0.441. The van der Waals surface area contributed by atoms with Crippen molar-refractivity contribution < 1.29 is 29.6 Å². The molecule has 0 saturated carbocycles. The van der Waals surface area contributed by atoms with E-state index in [-0.39, 0.29) is 18.5 Å². The van der Waals surface area contributed by atoms with E-state index in [1.165, 1.54) is 12.1 Å². The monoisotopic (exact) mass is 339 g/mol. The predicted octanol–water partition coefficient (Wildman–Crippen LogP) is 2.00. The molecule has 0 saturated heterocycles. The van der Waals surface area contributed by atoms with E-state index < -0.39 is 29.9 Å². The zero-order valence-corrected chi connectivity index (χ0v) is 14.4. The van der Waals surface area contributed by atoms with Crippen molar-refractivity contribution in [1.82, 2.24) is 5.32 Å².